The molecule has 1 aliphatic carbocycles. The van der Waals surface area contributed by atoms with Gasteiger partial charge in [0.25, 0.3) is 0 Å². The van der Waals surface area contributed by atoms with Crippen LogP contribution in [0.15, 0.2) is 24.3 Å². The van der Waals surface area contributed by atoms with Crippen LogP contribution in [-0.2, 0) is 10.2 Å². The Kier molecular flexibility index (Phi) is 4.16. The summed E-state index contributed by atoms with van der Waals surface area (Å²) in [5.41, 5.74) is 0.332. The van der Waals surface area contributed by atoms with Crippen LogP contribution in [0.5, 0.6) is 0 Å². The molecule has 2 rings (SSSR count). The molecule has 0 aliphatic heterocycles. The van der Waals surface area contributed by atoms with Gasteiger partial charge < -0.3 is 10.0 Å². The van der Waals surface area contributed by atoms with Crippen molar-refractivity contribution in [3.8, 4) is 0 Å². The third kappa shape index (κ3) is 2.49. The van der Waals surface area contributed by atoms with Gasteiger partial charge in [0.15, 0.2) is 0 Å². The predicted molar refractivity (Wildman–Crippen MR) is 76.3 cm³/mol. The van der Waals surface area contributed by atoms with E-state index in [9.17, 15) is 9.90 Å². The summed E-state index contributed by atoms with van der Waals surface area (Å²) < 4.78 is 0. The summed E-state index contributed by atoms with van der Waals surface area (Å²) in [5, 5.41) is 10.3. The summed E-state index contributed by atoms with van der Waals surface area (Å²) >= 11 is 6.03. The monoisotopic (exact) mass is 281 g/mol. The highest BCUT2D eigenvalue weighted by Gasteiger charge is 2.52. The Labute approximate surface area is 119 Å². The highest BCUT2D eigenvalue weighted by Crippen LogP contribution is 2.45. The number of halogens is 1. The summed E-state index contributed by atoms with van der Waals surface area (Å²) in [5.74, 6) is 0.102. The smallest absolute Gasteiger partial charge is 0.233 e. The third-order valence-electron chi connectivity index (χ3n) is 4.01. The zero-order chi connectivity index (χ0) is 14.0. The van der Waals surface area contributed by atoms with E-state index in [0.717, 1.165) is 5.56 Å². The second-order valence-corrected chi connectivity index (χ2v) is 5.57. The van der Waals surface area contributed by atoms with Crippen LogP contribution in [0.2, 0.25) is 5.02 Å². The number of aliphatic hydroxyl groups is 1. The number of nitrogens with zero attached hydrogens (tertiary/aromatic N) is 1. The van der Waals surface area contributed by atoms with Gasteiger partial charge in [-0.2, -0.15) is 0 Å². The first-order valence-corrected chi connectivity index (χ1v) is 7.14. The van der Waals surface area contributed by atoms with Crippen molar-refractivity contribution < 1.29 is 9.90 Å². The van der Waals surface area contributed by atoms with Crippen molar-refractivity contribution in [3.63, 3.8) is 0 Å². The average molecular weight is 282 g/mol. The van der Waals surface area contributed by atoms with Crippen LogP contribution in [0.25, 0.3) is 0 Å². The van der Waals surface area contributed by atoms with Crippen molar-refractivity contribution in [2.24, 2.45) is 0 Å². The first kappa shape index (κ1) is 14.4. The Morgan fingerprint density at radius 3 is 2.53 bits per heavy atom. The van der Waals surface area contributed by atoms with E-state index >= 15 is 0 Å². The SMILES string of the molecule is CCN(CC)C(=O)[C@]1(c2cccc(Cl)c2)C[C@H](O)C1. The van der Waals surface area contributed by atoms with E-state index in [4.69, 9.17) is 11.6 Å². The summed E-state index contributed by atoms with van der Waals surface area (Å²) in [7, 11) is 0. The number of rotatable bonds is 4. The van der Waals surface area contributed by atoms with Gasteiger partial charge in [-0.05, 0) is 44.4 Å². The largest absolute Gasteiger partial charge is 0.393 e. The Hall–Kier alpha value is -1.06. The molecule has 0 atom stereocenters. The number of hydrogen-bond acceptors (Lipinski definition) is 2. The molecule has 1 aromatic rings. The van der Waals surface area contributed by atoms with E-state index in [0.29, 0.717) is 31.0 Å². The lowest BCUT2D eigenvalue weighted by molar-refractivity contribution is -0.145. The standard InChI is InChI=1S/C15H20ClNO2/c1-3-17(4-2)14(19)15(9-13(18)10-15)11-6-5-7-12(16)8-11/h5-8,13,18H,3-4,9-10H2,1-2H3/t13-,15+. The Balaban J connectivity index is 2.36. The van der Waals surface area contributed by atoms with Gasteiger partial charge in [-0.15, -0.1) is 0 Å². The minimum absolute atomic E-state index is 0.102. The molecule has 0 heterocycles. The van der Waals surface area contributed by atoms with Crippen molar-refractivity contribution in [2.45, 2.75) is 38.2 Å². The van der Waals surface area contributed by atoms with Crippen molar-refractivity contribution in [3.05, 3.63) is 34.9 Å². The van der Waals surface area contributed by atoms with Gasteiger partial charge in [-0.25, -0.2) is 0 Å². The first-order chi connectivity index (χ1) is 9.03. The van der Waals surface area contributed by atoms with Crippen LogP contribution >= 0.6 is 11.6 Å². The minimum Gasteiger partial charge on any atom is -0.393 e. The molecule has 1 fully saturated rings. The van der Waals surface area contributed by atoms with Crippen molar-refractivity contribution in [2.75, 3.05) is 13.1 Å². The fourth-order valence-corrected chi connectivity index (χ4v) is 3.07. The summed E-state index contributed by atoms with van der Waals surface area (Å²) in [6.45, 7) is 5.33. The molecule has 0 spiro atoms. The number of likely N-dealkylation sites (N-methyl/N-ethyl adjacent to an activating group) is 1. The molecule has 0 saturated heterocycles. The van der Waals surface area contributed by atoms with E-state index in [1.165, 1.54) is 0 Å². The summed E-state index contributed by atoms with van der Waals surface area (Å²) in [6, 6.07) is 7.43. The van der Waals surface area contributed by atoms with Crippen LogP contribution in [0.4, 0.5) is 0 Å². The van der Waals surface area contributed by atoms with E-state index in [1.807, 2.05) is 36.9 Å². The molecular weight excluding hydrogens is 262 g/mol. The van der Waals surface area contributed by atoms with Crippen LogP contribution in [-0.4, -0.2) is 35.1 Å². The zero-order valence-electron chi connectivity index (χ0n) is 11.4. The van der Waals surface area contributed by atoms with Crippen LogP contribution < -0.4 is 0 Å². The quantitative estimate of drug-likeness (QED) is 0.922. The Morgan fingerprint density at radius 2 is 2.05 bits per heavy atom. The predicted octanol–water partition coefficient (Wildman–Crippen LogP) is 2.60. The van der Waals surface area contributed by atoms with Gasteiger partial charge in [0, 0.05) is 18.1 Å². The molecule has 1 aliphatic rings. The van der Waals surface area contributed by atoms with E-state index < -0.39 is 11.5 Å². The third-order valence-corrected chi connectivity index (χ3v) is 4.24. The van der Waals surface area contributed by atoms with Crippen LogP contribution in [0, 0.1) is 0 Å². The second-order valence-electron chi connectivity index (χ2n) is 5.13. The topological polar surface area (TPSA) is 40.5 Å². The molecule has 3 nitrogen and oxygen atoms in total. The first-order valence-electron chi connectivity index (χ1n) is 6.77. The van der Waals surface area contributed by atoms with Crippen LogP contribution in [0.3, 0.4) is 0 Å². The normalized spacial score (nSPS) is 25.8. The number of amides is 1. The summed E-state index contributed by atoms with van der Waals surface area (Å²) in [6.07, 6.45) is 0.587. The Morgan fingerprint density at radius 1 is 1.42 bits per heavy atom. The molecular formula is C15H20ClNO2. The molecule has 104 valence electrons. The van der Waals surface area contributed by atoms with E-state index in [1.54, 1.807) is 6.07 Å². The lowest BCUT2D eigenvalue weighted by Gasteiger charge is -2.46. The maximum absolute atomic E-state index is 12.7. The van der Waals surface area contributed by atoms with E-state index in [-0.39, 0.29) is 5.91 Å². The average Bonchev–Trinajstić information content (AvgIpc) is 2.36. The Bertz CT molecular complexity index is 465. The molecule has 0 unspecified atom stereocenters. The van der Waals surface area contributed by atoms with Gasteiger partial charge in [0.05, 0.1) is 11.5 Å². The highest BCUT2D eigenvalue weighted by atomic mass is 35.5. The maximum atomic E-state index is 12.7. The van der Waals surface area contributed by atoms with Crippen molar-refractivity contribution in [1.29, 1.82) is 0 Å². The number of carbonyl (C=O) groups excluding carboxylic acids is 1. The fraction of sp³-hybridized carbons (Fsp3) is 0.533. The maximum Gasteiger partial charge on any atom is 0.233 e. The summed E-state index contributed by atoms with van der Waals surface area (Å²) in [4.78, 5) is 14.6. The number of benzene rings is 1. The molecule has 1 N–H and O–H groups in total. The lowest BCUT2D eigenvalue weighted by atomic mass is 9.62. The highest BCUT2D eigenvalue weighted by molar-refractivity contribution is 6.30. The van der Waals surface area contributed by atoms with E-state index in [2.05, 4.69) is 0 Å². The molecule has 0 radical (unpaired) electrons. The van der Waals surface area contributed by atoms with Crippen LogP contribution in [0.1, 0.15) is 32.3 Å². The van der Waals surface area contributed by atoms with Gasteiger partial charge in [-0.3, -0.25) is 4.79 Å². The van der Waals surface area contributed by atoms with Gasteiger partial charge in [0.2, 0.25) is 5.91 Å². The van der Waals surface area contributed by atoms with Gasteiger partial charge in [0.1, 0.15) is 0 Å². The van der Waals surface area contributed by atoms with Crippen molar-refractivity contribution in [1.82, 2.24) is 4.90 Å². The van der Waals surface area contributed by atoms with Gasteiger partial charge in [-0.1, -0.05) is 23.7 Å². The zero-order valence-corrected chi connectivity index (χ0v) is 12.2. The van der Waals surface area contributed by atoms with Crippen molar-refractivity contribution >= 4 is 17.5 Å². The van der Waals surface area contributed by atoms with Gasteiger partial charge >= 0.3 is 0 Å². The number of hydrogen-bond donors (Lipinski definition) is 1. The molecule has 1 aromatic carbocycles. The molecule has 19 heavy (non-hydrogen) atoms. The molecule has 1 amide bonds. The minimum atomic E-state index is -0.587. The fourth-order valence-electron chi connectivity index (χ4n) is 2.88. The molecule has 1 saturated carbocycles. The molecule has 0 aromatic heterocycles. The molecule has 0 bridgehead atoms. The second kappa shape index (κ2) is 5.51. The lowest BCUT2D eigenvalue weighted by Crippen LogP contribution is -2.56. The number of aliphatic hydroxyl groups excluding tert-OH is 1. The molecule has 4 heteroatoms. The number of carbonyl (C=O) groups is 1.